The Labute approximate surface area is 243 Å². The van der Waals surface area contributed by atoms with E-state index in [1.165, 1.54) is 0 Å². The van der Waals surface area contributed by atoms with Gasteiger partial charge in [0, 0.05) is 41.9 Å². The van der Waals surface area contributed by atoms with Crippen molar-refractivity contribution in [2.75, 3.05) is 31.1 Å². The molecule has 1 amide bonds. The van der Waals surface area contributed by atoms with E-state index >= 15 is 0 Å². The number of benzene rings is 1. The Bertz CT molecular complexity index is 1700. The van der Waals surface area contributed by atoms with Gasteiger partial charge >= 0.3 is 0 Å². The number of pyridine rings is 2. The molecule has 0 bridgehead atoms. The Morgan fingerprint density at radius 1 is 1.00 bits per heavy atom. The molecule has 41 heavy (non-hydrogen) atoms. The first-order chi connectivity index (χ1) is 19.5. The van der Waals surface area contributed by atoms with Crippen LogP contribution in [0.4, 0.5) is 5.82 Å². The average Bonchev–Trinajstić information content (AvgIpc) is 3.62. The van der Waals surface area contributed by atoms with Gasteiger partial charge in [0.15, 0.2) is 11.3 Å². The molecule has 0 unspecified atom stereocenters. The van der Waals surface area contributed by atoms with Gasteiger partial charge in [0.05, 0.1) is 16.9 Å². The van der Waals surface area contributed by atoms with Crippen molar-refractivity contribution in [3.05, 3.63) is 76.6 Å². The molecule has 0 spiro atoms. The van der Waals surface area contributed by atoms with Gasteiger partial charge in [-0.05, 0) is 54.8 Å². The summed E-state index contributed by atoms with van der Waals surface area (Å²) in [6.45, 7) is 12.7. The van der Waals surface area contributed by atoms with E-state index in [9.17, 15) is 4.79 Å². The zero-order chi connectivity index (χ0) is 28.9. The standard InChI is InChI=1S/C31H32ClN7O2/c1-30(2,3)21-15-23(19-9-11-20(32)12-10-19)34-24-16-26(41-28(21)24)29(40)39-14-13-38(18-31(39,4)5)27-8-6-7-22(35-27)25-17-33-37-36-25/h6-12,15-16H,13-14,17-18H2,1-5H3. The van der Waals surface area contributed by atoms with Crippen LogP contribution >= 0.6 is 11.6 Å². The Kier molecular flexibility index (Phi) is 6.65. The first-order valence-electron chi connectivity index (χ1n) is 13.7. The van der Waals surface area contributed by atoms with E-state index in [1.54, 1.807) is 6.07 Å². The van der Waals surface area contributed by atoms with Gasteiger partial charge in [-0.2, -0.15) is 5.11 Å². The summed E-state index contributed by atoms with van der Waals surface area (Å²) < 4.78 is 6.30. The largest absolute Gasteiger partial charge is 0.449 e. The summed E-state index contributed by atoms with van der Waals surface area (Å²) in [4.78, 5) is 27.7. The number of amides is 1. The highest BCUT2D eigenvalue weighted by atomic mass is 35.5. The number of anilines is 1. The molecule has 0 N–H and O–H groups in total. The number of fused-ring (bicyclic) bond motifs is 1. The van der Waals surface area contributed by atoms with Crippen LogP contribution in [0.2, 0.25) is 5.02 Å². The molecule has 1 fully saturated rings. The third kappa shape index (κ3) is 5.22. The molecular formula is C31H32ClN7O2. The van der Waals surface area contributed by atoms with Gasteiger partial charge < -0.3 is 14.2 Å². The van der Waals surface area contributed by atoms with Crippen LogP contribution in [-0.2, 0) is 5.41 Å². The molecule has 4 aromatic rings. The SMILES string of the molecule is CC(C)(C)c1cc(-c2ccc(Cl)cc2)nc2cc(C(=O)N3CCN(c4cccc(C5=NN=NC5)n4)CC3(C)C)oc12. The number of hydrogen-bond donors (Lipinski definition) is 0. The summed E-state index contributed by atoms with van der Waals surface area (Å²) in [5.41, 5.74) is 4.89. The molecule has 2 aliphatic heterocycles. The van der Waals surface area contributed by atoms with Crippen LogP contribution in [0.1, 0.15) is 56.4 Å². The molecule has 0 atom stereocenters. The normalized spacial score (nSPS) is 16.9. The van der Waals surface area contributed by atoms with Crippen LogP contribution in [0, 0.1) is 0 Å². The number of nitrogens with zero attached hydrogens (tertiary/aromatic N) is 7. The van der Waals surface area contributed by atoms with E-state index < -0.39 is 5.54 Å². The maximum Gasteiger partial charge on any atom is 0.290 e. The van der Waals surface area contributed by atoms with E-state index in [0.717, 1.165) is 34.0 Å². The molecule has 9 nitrogen and oxygen atoms in total. The van der Waals surface area contributed by atoms with Crippen LogP contribution in [0.5, 0.6) is 0 Å². The van der Waals surface area contributed by atoms with Crippen molar-refractivity contribution in [1.82, 2.24) is 14.9 Å². The van der Waals surface area contributed by atoms with E-state index in [2.05, 4.69) is 55.0 Å². The fourth-order valence-corrected chi connectivity index (χ4v) is 5.55. The maximum absolute atomic E-state index is 13.9. The van der Waals surface area contributed by atoms with E-state index in [1.807, 2.05) is 53.4 Å². The summed E-state index contributed by atoms with van der Waals surface area (Å²) >= 11 is 6.11. The van der Waals surface area contributed by atoms with Gasteiger partial charge in [-0.1, -0.05) is 50.6 Å². The lowest BCUT2D eigenvalue weighted by Gasteiger charge is -2.47. The third-order valence-electron chi connectivity index (χ3n) is 7.59. The highest BCUT2D eigenvalue weighted by molar-refractivity contribution is 6.30. The van der Waals surface area contributed by atoms with Crippen molar-refractivity contribution >= 4 is 40.1 Å². The number of hydrogen-bond acceptors (Lipinski definition) is 8. The zero-order valence-corrected chi connectivity index (χ0v) is 24.6. The minimum absolute atomic E-state index is 0.147. The molecule has 2 aliphatic rings. The minimum Gasteiger partial charge on any atom is -0.449 e. The number of carbonyl (C=O) groups excluding carboxylic acids is 1. The van der Waals surface area contributed by atoms with Crippen LogP contribution in [0.3, 0.4) is 0 Å². The molecular weight excluding hydrogens is 538 g/mol. The summed E-state index contributed by atoms with van der Waals surface area (Å²) in [6, 6.07) is 17.3. The van der Waals surface area contributed by atoms with E-state index in [-0.39, 0.29) is 11.3 Å². The molecule has 1 aromatic carbocycles. The molecule has 3 aromatic heterocycles. The predicted molar refractivity (Wildman–Crippen MR) is 161 cm³/mol. The van der Waals surface area contributed by atoms with Crippen molar-refractivity contribution < 1.29 is 9.21 Å². The zero-order valence-electron chi connectivity index (χ0n) is 23.8. The van der Waals surface area contributed by atoms with Gasteiger partial charge in [-0.25, -0.2) is 9.97 Å². The summed E-state index contributed by atoms with van der Waals surface area (Å²) in [5, 5.41) is 12.4. The number of furan rings is 1. The van der Waals surface area contributed by atoms with Crippen LogP contribution in [0.25, 0.3) is 22.4 Å². The first-order valence-corrected chi connectivity index (χ1v) is 14.1. The number of halogens is 1. The smallest absolute Gasteiger partial charge is 0.290 e. The lowest BCUT2D eigenvalue weighted by molar-refractivity contribution is 0.0483. The topological polar surface area (TPSA) is 99.6 Å². The average molecular weight is 570 g/mol. The van der Waals surface area contributed by atoms with Gasteiger partial charge in [0.25, 0.3) is 5.91 Å². The van der Waals surface area contributed by atoms with Crippen LogP contribution < -0.4 is 4.90 Å². The number of carbonyl (C=O) groups is 1. The van der Waals surface area contributed by atoms with Gasteiger partial charge in [-0.3, -0.25) is 4.79 Å². The second-order valence-corrected chi connectivity index (χ2v) is 12.6. The second-order valence-electron chi connectivity index (χ2n) is 12.1. The van der Waals surface area contributed by atoms with Crippen molar-refractivity contribution in [3.8, 4) is 11.3 Å². The Hall–Kier alpha value is -4.11. The highest BCUT2D eigenvalue weighted by Gasteiger charge is 2.39. The second kappa shape index (κ2) is 10.1. The minimum atomic E-state index is -0.476. The molecule has 0 aliphatic carbocycles. The lowest BCUT2D eigenvalue weighted by atomic mass is 9.86. The third-order valence-corrected chi connectivity index (χ3v) is 7.84. The summed E-state index contributed by atoms with van der Waals surface area (Å²) in [7, 11) is 0. The van der Waals surface area contributed by atoms with Crippen LogP contribution in [-0.4, -0.2) is 58.2 Å². The molecule has 6 rings (SSSR count). The first kappa shape index (κ1) is 27.1. The molecule has 1 saturated heterocycles. The fourth-order valence-electron chi connectivity index (χ4n) is 5.42. The molecule has 0 saturated carbocycles. The van der Waals surface area contributed by atoms with Crippen LogP contribution in [0.15, 0.2) is 74.5 Å². The van der Waals surface area contributed by atoms with E-state index in [4.69, 9.17) is 26.0 Å². The fraction of sp³-hybridized carbons (Fsp3) is 0.355. The highest BCUT2D eigenvalue weighted by Crippen LogP contribution is 2.36. The Morgan fingerprint density at radius 3 is 2.46 bits per heavy atom. The van der Waals surface area contributed by atoms with Crippen molar-refractivity contribution in [2.24, 2.45) is 15.4 Å². The van der Waals surface area contributed by atoms with Gasteiger partial charge in [0.2, 0.25) is 0 Å². The summed E-state index contributed by atoms with van der Waals surface area (Å²) in [6.07, 6.45) is 0. The van der Waals surface area contributed by atoms with Gasteiger partial charge in [-0.15, -0.1) is 5.10 Å². The van der Waals surface area contributed by atoms with Crippen molar-refractivity contribution in [1.29, 1.82) is 0 Å². The van der Waals surface area contributed by atoms with E-state index in [0.29, 0.717) is 48.1 Å². The molecule has 5 heterocycles. The monoisotopic (exact) mass is 569 g/mol. The Morgan fingerprint density at radius 2 is 1.78 bits per heavy atom. The summed E-state index contributed by atoms with van der Waals surface area (Å²) in [5.74, 6) is 0.986. The number of piperazine rings is 1. The quantitative estimate of drug-likeness (QED) is 0.270. The number of rotatable bonds is 4. The van der Waals surface area contributed by atoms with Gasteiger partial charge in [0.1, 0.15) is 23.6 Å². The van der Waals surface area contributed by atoms with Crippen molar-refractivity contribution in [3.63, 3.8) is 0 Å². The Balaban J connectivity index is 1.28. The molecule has 0 radical (unpaired) electrons. The molecule has 210 valence electrons. The lowest BCUT2D eigenvalue weighted by Crippen LogP contribution is -2.61. The van der Waals surface area contributed by atoms with Crippen molar-refractivity contribution in [2.45, 2.75) is 45.6 Å². The number of aromatic nitrogens is 2. The maximum atomic E-state index is 13.9. The predicted octanol–water partition coefficient (Wildman–Crippen LogP) is 6.75. The molecule has 10 heteroatoms.